The molecule has 32 heavy (non-hydrogen) atoms. The second-order valence-corrected chi connectivity index (χ2v) is 9.51. The largest absolute Gasteiger partial charge is 0.444 e. The van der Waals surface area contributed by atoms with Crippen molar-refractivity contribution in [1.82, 2.24) is 14.9 Å². The summed E-state index contributed by atoms with van der Waals surface area (Å²) < 4.78 is 5.47. The highest BCUT2D eigenvalue weighted by Crippen LogP contribution is 2.36. The van der Waals surface area contributed by atoms with Crippen molar-refractivity contribution in [3.05, 3.63) is 46.9 Å². The van der Waals surface area contributed by atoms with E-state index in [1.807, 2.05) is 26.8 Å². The summed E-state index contributed by atoms with van der Waals surface area (Å²) in [6.45, 7) is 7.85. The van der Waals surface area contributed by atoms with E-state index < -0.39 is 11.8 Å². The monoisotopic (exact) mass is 477 g/mol. The van der Waals surface area contributed by atoms with Crippen molar-refractivity contribution in [3.8, 4) is 0 Å². The van der Waals surface area contributed by atoms with Crippen molar-refractivity contribution in [1.29, 1.82) is 0 Å². The lowest BCUT2D eigenvalue weighted by Gasteiger charge is -2.36. The number of anilines is 2. The van der Waals surface area contributed by atoms with Gasteiger partial charge in [0.2, 0.25) is 0 Å². The molecule has 1 aromatic carbocycles. The number of hydrogen-bond acceptors (Lipinski definition) is 7. The van der Waals surface area contributed by atoms with E-state index in [2.05, 4.69) is 14.9 Å². The van der Waals surface area contributed by atoms with Gasteiger partial charge >= 0.3 is 6.09 Å². The molecule has 1 saturated heterocycles. The summed E-state index contributed by atoms with van der Waals surface area (Å²) >= 11 is 12.7. The maximum absolute atomic E-state index is 12.3. The third kappa shape index (κ3) is 4.77. The molecular formula is C22H25Cl2N5O3. The van der Waals surface area contributed by atoms with Gasteiger partial charge in [-0.3, -0.25) is 0 Å². The normalized spacial score (nSPS) is 19.4. The number of fused-ring (bicyclic) bond motifs is 1. The number of aromatic nitrogens is 2. The molecule has 2 aliphatic heterocycles. The lowest BCUT2D eigenvalue weighted by atomic mass is 10.1. The van der Waals surface area contributed by atoms with Crippen molar-refractivity contribution >= 4 is 51.7 Å². The molecule has 1 N–H and O–H groups in total. The molecule has 4 rings (SSSR count). The van der Waals surface area contributed by atoms with Crippen LogP contribution in [0.3, 0.4) is 0 Å². The molecular weight excluding hydrogens is 453 g/mol. The van der Waals surface area contributed by atoms with Crippen LogP contribution in [0.15, 0.2) is 41.8 Å². The third-order valence-electron chi connectivity index (χ3n) is 5.17. The second-order valence-electron chi connectivity index (χ2n) is 8.67. The van der Waals surface area contributed by atoms with Crippen LogP contribution in [0.1, 0.15) is 20.8 Å². The predicted octanol–water partition coefficient (Wildman–Crippen LogP) is 4.12. The zero-order chi connectivity index (χ0) is 23.0. The van der Waals surface area contributed by atoms with Crippen LogP contribution in [0.4, 0.5) is 16.3 Å². The topological polar surface area (TPSA) is 82.0 Å². The third-order valence-corrected chi connectivity index (χ3v) is 5.69. The van der Waals surface area contributed by atoms with Gasteiger partial charge in [-0.2, -0.15) is 0 Å². The molecule has 0 saturated carbocycles. The molecule has 8 nitrogen and oxygen atoms in total. The van der Waals surface area contributed by atoms with Crippen LogP contribution in [0.5, 0.6) is 0 Å². The van der Waals surface area contributed by atoms with Crippen LogP contribution in [0, 0.1) is 0 Å². The first kappa shape index (κ1) is 22.6. The number of piperazine rings is 1. The Balaban J connectivity index is 1.57. The van der Waals surface area contributed by atoms with Gasteiger partial charge in [-0.15, -0.1) is 0 Å². The Morgan fingerprint density at radius 1 is 1.16 bits per heavy atom. The van der Waals surface area contributed by atoms with E-state index in [-0.39, 0.29) is 6.09 Å². The van der Waals surface area contributed by atoms with Crippen molar-refractivity contribution in [2.24, 2.45) is 0 Å². The van der Waals surface area contributed by atoms with Crippen molar-refractivity contribution in [3.63, 3.8) is 0 Å². The van der Waals surface area contributed by atoms with Crippen LogP contribution in [-0.4, -0.2) is 64.1 Å². The lowest BCUT2D eigenvalue weighted by molar-refractivity contribution is 0.0240. The molecule has 170 valence electrons. The van der Waals surface area contributed by atoms with Crippen molar-refractivity contribution < 1.29 is 14.6 Å². The van der Waals surface area contributed by atoms with Crippen LogP contribution in [0.2, 0.25) is 5.02 Å². The van der Waals surface area contributed by atoms with Gasteiger partial charge in [0.1, 0.15) is 24.0 Å². The van der Waals surface area contributed by atoms with E-state index in [4.69, 9.17) is 27.9 Å². The molecule has 1 unspecified atom stereocenters. The lowest BCUT2D eigenvalue weighted by Crippen LogP contribution is -2.50. The first-order valence-electron chi connectivity index (χ1n) is 10.3. The number of rotatable bonds is 2. The summed E-state index contributed by atoms with van der Waals surface area (Å²) in [5, 5.41) is 12.0. The zero-order valence-electron chi connectivity index (χ0n) is 18.1. The molecule has 1 atom stereocenters. The minimum absolute atomic E-state index is 0.307. The highest BCUT2D eigenvalue weighted by Gasteiger charge is 2.27. The number of amides is 1. The molecule has 0 bridgehead atoms. The Labute approximate surface area is 196 Å². The SMILES string of the molecule is CC(C)(C)OC(=O)N1CCN(c2ncnc3cc(N4C=C(Cl)C=CC4O)c(Cl)cc23)CC1. The van der Waals surface area contributed by atoms with Crippen molar-refractivity contribution in [2.45, 2.75) is 32.6 Å². The maximum atomic E-state index is 12.3. The molecule has 2 aromatic rings. The van der Waals surface area contributed by atoms with Crippen LogP contribution in [0.25, 0.3) is 10.9 Å². The van der Waals surface area contributed by atoms with E-state index in [1.54, 1.807) is 34.2 Å². The summed E-state index contributed by atoms with van der Waals surface area (Å²) in [5.41, 5.74) is 0.756. The average Bonchev–Trinajstić information content (AvgIpc) is 2.73. The molecule has 10 heteroatoms. The Bertz CT molecular complexity index is 1090. The molecule has 1 amide bonds. The Morgan fingerprint density at radius 3 is 2.56 bits per heavy atom. The van der Waals surface area contributed by atoms with Gasteiger partial charge in [-0.05, 0) is 45.1 Å². The highest BCUT2D eigenvalue weighted by atomic mass is 35.5. The van der Waals surface area contributed by atoms with Crippen LogP contribution >= 0.6 is 23.2 Å². The van der Waals surface area contributed by atoms with E-state index >= 15 is 0 Å². The van der Waals surface area contributed by atoms with E-state index in [9.17, 15) is 9.90 Å². The van der Waals surface area contributed by atoms with Crippen molar-refractivity contribution in [2.75, 3.05) is 36.0 Å². The Hall–Kier alpha value is -2.55. The number of carbonyl (C=O) groups is 1. The number of ether oxygens (including phenoxy) is 1. The van der Waals surface area contributed by atoms with E-state index in [0.29, 0.717) is 47.4 Å². The number of halogens is 2. The highest BCUT2D eigenvalue weighted by molar-refractivity contribution is 6.34. The standard InChI is InChI=1S/C22H25Cl2N5O3/c1-22(2,3)32-21(31)28-8-6-27(7-9-28)20-15-10-16(24)18(11-17(15)25-13-26-20)29-12-14(23)4-5-19(29)30/h4-5,10-13,19,30H,6-9H2,1-3H3. The quantitative estimate of drug-likeness (QED) is 0.696. The summed E-state index contributed by atoms with van der Waals surface area (Å²) in [6, 6.07) is 3.61. The Kier molecular flexibility index (Phi) is 6.20. The first-order valence-corrected chi connectivity index (χ1v) is 11.1. The fourth-order valence-electron chi connectivity index (χ4n) is 3.66. The number of aliphatic hydroxyl groups excluding tert-OH is 1. The molecule has 0 spiro atoms. The van der Waals surface area contributed by atoms with Gasteiger partial charge in [0, 0.05) is 37.8 Å². The molecule has 0 aliphatic carbocycles. The molecule has 1 fully saturated rings. The molecule has 3 heterocycles. The summed E-state index contributed by atoms with van der Waals surface area (Å²) in [6.07, 6.45) is 5.16. The number of nitrogens with zero attached hydrogens (tertiary/aromatic N) is 5. The van der Waals surface area contributed by atoms with Crippen LogP contribution in [-0.2, 0) is 4.74 Å². The van der Waals surface area contributed by atoms with Gasteiger partial charge < -0.3 is 24.5 Å². The fraction of sp³-hybridized carbons (Fsp3) is 0.409. The van der Waals surface area contributed by atoms with Gasteiger partial charge in [0.25, 0.3) is 0 Å². The fourth-order valence-corrected chi connectivity index (χ4v) is 4.10. The molecule has 2 aliphatic rings. The molecule has 0 radical (unpaired) electrons. The number of hydrogen-bond donors (Lipinski definition) is 1. The Morgan fingerprint density at radius 2 is 1.88 bits per heavy atom. The van der Waals surface area contributed by atoms with Crippen LogP contribution < -0.4 is 9.80 Å². The summed E-state index contributed by atoms with van der Waals surface area (Å²) in [4.78, 5) is 26.6. The van der Waals surface area contributed by atoms with Gasteiger partial charge in [0.05, 0.1) is 21.3 Å². The number of allylic oxidation sites excluding steroid dienone is 2. The van der Waals surface area contributed by atoms with Gasteiger partial charge in [-0.1, -0.05) is 23.2 Å². The number of benzene rings is 1. The minimum atomic E-state index is -0.880. The van der Waals surface area contributed by atoms with E-state index in [1.165, 1.54) is 6.33 Å². The number of carbonyl (C=O) groups excluding carboxylic acids is 1. The average molecular weight is 478 g/mol. The van der Waals surface area contributed by atoms with Gasteiger partial charge in [0.15, 0.2) is 0 Å². The van der Waals surface area contributed by atoms with Gasteiger partial charge in [-0.25, -0.2) is 14.8 Å². The smallest absolute Gasteiger partial charge is 0.410 e. The zero-order valence-corrected chi connectivity index (χ0v) is 19.6. The maximum Gasteiger partial charge on any atom is 0.410 e. The summed E-state index contributed by atoms with van der Waals surface area (Å²) in [5.74, 6) is 0.750. The minimum Gasteiger partial charge on any atom is -0.444 e. The number of aliphatic hydroxyl groups is 1. The summed E-state index contributed by atoms with van der Waals surface area (Å²) in [7, 11) is 0. The van der Waals surface area contributed by atoms with E-state index in [0.717, 1.165) is 11.2 Å². The predicted molar refractivity (Wildman–Crippen MR) is 126 cm³/mol. The molecule has 1 aromatic heterocycles. The first-order chi connectivity index (χ1) is 15.1. The second kappa shape index (κ2) is 8.77.